The van der Waals surface area contributed by atoms with Crippen LogP contribution in [0.5, 0.6) is 0 Å². The van der Waals surface area contributed by atoms with E-state index in [4.69, 9.17) is 21.3 Å². The van der Waals surface area contributed by atoms with Crippen molar-refractivity contribution in [1.82, 2.24) is 10.2 Å². The van der Waals surface area contributed by atoms with Crippen molar-refractivity contribution in [2.75, 3.05) is 33.3 Å². The monoisotopic (exact) mass is 525 g/mol. The molecule has 1 aromatic carbocycles. The molecule has 1 aromatic rings. The van der Waals surface area contributed by atoms with Crippen LogP contribution in [0.2, 0.25) is 5.02 Å². The number of guanidine groups is 1. The Balaban J connectivity index is 0.00000392. The summed E-state index contributed by atoms with van der Waals surface area (Å²) in [6, 6.07) is 4.49. The third kappa shape index (κ3) is 6.47. The molecule has 1 saturated heterocycles. The van der Waals surface area contributed by atoms with Gasteiger partial charge in [0.1, 0.15) is 5.82 Å². The number of nitrogens with zero attached hydrogens (tertiary/aromatic N) is 2. The predicted molar refractivity (Wildman–Crippen MR) is 122 cm³/mol. The maximum Gasteiger partial charge on any atom is 0.308 e. The average molecular weight is 526 g/mol. The van der Waals surface area contributed by atoms with Crippen LogP contribution in [0.1, 0.15) is 39.2 Å². The molecule has 1 heterocycles. The van der Waals surface area contributed by atoms with Gasteiger partial charge >= 0.3 is 5.97 Å². The number of aliphatic imine (C=N–C) groups is 1. The first kappa shape index (κ1) is 24.9. The van der Waals surface area contributed by atoms with Crippen molar-refractivity contribution < 1.29 is 13.9 Å². The van der Waals surface area contributed by atoms with Crippen LogP contribution in [0.25, 0.3) is 0 Å². The number of carbonyl (C=O) groups is 1. The summed E-state index contributed by atoms with van der Waals surface area (Å²) >= 11 is 6.24. The van der Waals surface area contributed by atoms with Gasteiger partial charge in [-0.05, 0) is 37.5 Å². The number of benzene rings is 1. The molecule has 0 bridgehead atoms. The number of carbonyl (C=O) groups excluding carboxylic acids is 1. The van der Waals surface area contributed by atoms with Crippen LogP contribution in [0, 0.1) is 11.7 Å². The molecule has 1 aliphatic rings. The highest BCUT2D eigenvalue weighted by atomic mass is 127. The lowest BCUT2D eigenvalue weighted by Gasteiger charge is -2.34. The fourth-order valence-electron chi connectivity index (χ4n) is 3.32. The number of rotatable bonds is 5. The third-order valence-corrected chi connectivity index (χ3v) is 5.26. The Bertz CT molecular complexity index is 692. The molecule has 28 heavy (non-hydrogen) atoms. The number of methoxy groups -OCH3 is 1. The molecule has 5 nitrogen and oxygen atoms in total. The van der Waals surface area contributed by atoms with Crippen molar-refractivity contribution in [3.8, 4) is 0 Å². The lowest BCUT2D eigenvalue weighted by Crippen LogP contribution is -2.47. The molecule has 0 saturated carbocycles. The predicted octanol–water partition coefficient (Wildman–Crippen LogP) is 4.23. The van der Waals surface area contributed by atoms with Gasteiger partial charge in [0, 0.05) is 30.1 Å². The summed E-state index contributed by atoms with van der Waals surface area (Å²) in [4.78, 5) is 18.7. The Morgan fingerprint density at radius 1 is 1.39 bits per heavy atom. The maximum absolute atomic E-state index is 13.3. The Kier molecular flexibility index (Phi) is 9.97. The molecule has 1 aliphatic heterocycles. The molecule has 0 spiro atoms. The Hall–Kier alpha value is -1.09. The van der Waals surface area contributed by atoms with E-state index in [1.807, 2.05) is 20.8 Å². The van der Waals surface area contributed by atoms with Crippen molar-refractivity contribution in [3.05, 3.63) is 34.6 Å². The molecule has 0 aliphatic carbocycles. The van der Waals surface area contributed by atoms with E-state index in [0.717, 1.165) is 44.0 Å². The molecule has 8 heteroatoms. The van der Waals surface area contributed by atoms with Crippen molar-refractivity contribution in [3.63, 3.8) is 0 Å². The first-order chi connectivity index (χ1) is 12.8. The average Bonchev–Trinajstić information content (AvgIpc) is 2.64. The SMILES string of the molecule is CCNC(=NCC(C)(C)c1ccc(F)cc1Cl)N1CCC(C(=O)OC)CC1.I. The standard InChI is InChI=1S/C20H29ClFN3O2.HI/c1-5-23-19(25-10-8-14(9-11-25)18(26)27-4)24-13-20(2,3)16-7-6-15(22)12-17(16)21;/h6-7,12,14H,5,8-11,13H2,1-4H3,(H,23,24);1H. The van der Waals surface area contributed by atoms with Gasteiger partial charge in [-0.25, -0.2) is 4.39 Å². The summed E-state index contributed by atoms with van der Waals surface area (Å²) in [5.74, 6) is 0.309. The second-order valence-electron chi connectivity index (χ2n) is 7.46. The molecule has 0 atom stereocenters. The molecular weight excluding hydrogens is 496 g/mol. The molecule has 0 unspecified atom stereocenters. The fourth-order valence-corrected chi connectivity index (χ4v) is 3.74. The number of piperidine rings is 1. The van der Waals surface area contributed by atoms with Crippen LogP contribution in [-0.4, -0.2) is 50.1 Å². The van der Waals surface area contributed by atoms with E-state index in [9.17, 15) is 9.18 Å². The highest BCUT2D eigenvalue weighted by Crippen LogP contribution is 2.31. The van der Waals surface area contributed by atoms with Gasteiger partial charge in [0.05, 0.1) is 19.6 Å². The second-order valence-corrected chi connectivity index (χ2v) is 7.87. The van der Waals surface area contributed by atoms with E-state index in [1.54, 1.807) is 6.07 Å². The summed E-state index contributed by atoms with van der Waals surface area (Å²) in [5, 5.41) is 3.74. The number of nitrogens with one attached hydrogen (secondary N) is 1. The van der Waals surface area contributed by atoms with Crippen LogP contribution in [0.3, 0.4) is 0 Å². The number of esters is 1. The van der Waals surface area contributed by atoms with Crippen LogP contribution in [0.15, 0.2) is 23.2 Å². The summed E-state index contributed by atoms with van der Waals surface area (Å²) in [7, 11) is 1.43. The van der Waals surface area contributed by atoms with E-state index in [-0.39, 0.29) is 47.1 Å². The Morgan fingerprint density at radius 2 is 2.04 bits per heavy atom. The number of ether oxygens (including phenoxy) is 1. The minimum absolute atomic E-state index is 0. The van der Waals surface area contributed by atoms with E-state index in [1.165, 1.54) is 19.2 Å². The quantitative estimate of drug-likeness (QED) is 0.271. The lowest BCUT2D eigenvalue weighted by molar-refractivity contribution is -0.146. The Labute approximate surface area is 189 Å². The van der Waals surface area contributed by atoms with Gasteiger partial charge < -0.3 is 15.0 Å². The molecule has 0 aromatic heterocycles. The first-order valence-electron chi connectivity index (χ1n) is 9.35. The topological polar surface area (TPSA) is 53.9 Å². The molecule has 2 rings (SSSR count). The zero-order chi connectivity index (χ0) is 20.0. The molecule has 0 radical (unpaired) electrons. The van der Waals surface area contributed by atoms with Gasteiger partial charge in [-0.3, -0.25) is 9.79 Å². The van der Waals surface area contributed by atoms with Crippen LogP contribution in [0.4, 0.5) is 4.39 Å². The van der Waals surface area contributed by atoms with Crippen molar-refractivity contribution in [1.29, 1.82) is 0 Å². The number of halogens is 3. The van der Waals surface area contributed by atoms with E-state index < -0.39 is 0 Å². The number of hydrogen-bond donors (Lipinski definition) is 1. The molecule has 1 N–H and O–H groups in total. The smallest absolute Gasteiger partial charge is 0.308 e. The first-order valence-corrected chi connectivity index (χ1v) is 9.73. The largest absolute Gasteiger partial charge is 0.469 e. The van der Waals surface area contributed by atoms with Crippen molar-refractivity contribution >= 4 is 47.5 Å². The van der Waals surface area contributed by atoms with E-state index >= 15 is 0 Å². The summed E-state index contributed by atoms with van der Waals surface area (Å²) in [6.07, 6.45) is 1.51. The van der Waals surface area contributed by atoms with Crippen molar-refractivity contribution in [2.45, 2.75) is 39.0 Å². The van der Waals surface area contributed by atoms with Gasteiger partial charge in [0.15, 0.2) is 5.96 Å². The van der Waals surface area contributed by atoms with Crippen LogP contribution >= 0.6 is 35.6 Å². The van der Waals surface area contributed by atoms with Gasteiger partial charge in [-0.15, -0.1) is 24.0 Å². The van der Waals surface area contributed by atoms with Crippen LogP contribution in [-0.2, 0) is 14.9 Å². The summed E-state index contributed by atoms with van der Waals surface area (Å²) < 4.78 is 18.2. The normalized spacial score (nSPS) is 15.8. The van der Waals surface area contributed by atoms with E-state index in [0.29, 0.717) is 11.6 Å². The molecular formula is C20H30ClFIN3O2. The van der Waals surface area contributed by atoms with E-state index in [2.05, 4.69) is 10.2 Å². The minimum atomic E-state index is -0.343. The highest BCUT2D eigenvalue weighted by Gasteiger charge is 2.28. The fraction of sp³-hybridized carbons (Fsp3) is 0.600. The van der Waals surface area contributed by atoms with Gasteiger partial charge in [-0.1, -0.05) is 31.5 Å². The Morgan fingerprint density at radius 3 is 2.57 bits per heavy atom. The van der Waals surface area contributed by atoms with Crippen LogP contribution < -0.4 is 5.32 Å². The zero-order valence-electron chi connectivity index (χ0n) is 16.9. The van der Waals surface area contributed by atoms with Gasteiger partial charge in [0.2, 0.25) is 0 Å². The number of likely N-dealkylation sites (tertiary alicyclic amines) is 1. The minimum Gasteiger partial charge on any atom is -0.469 e. The highest BCUT2D eigenvalue weighted by molar-refractivity contribution is 14.0. The molecule has 158 valence electrons. The second kappa shape index (κ2) is 11.2. The summed E-state index contributed by atoms with van der Waals surface area (Å²) in [6.45, 7) is 8.89. The lowest BCUT2D eigenvalue weighted by atomic mass is 9.84. The molecule has 0 amide bonds. The van der Waals surface area contributed by atoms with Gasteiger partial charge in [0.25, 0.3) is 0 Å². The number of hydrogen-bond acceptors (Lipinski definition) is 3. The maximum atomic E-state index is 13.3. The van der Waals surface area contributed by atoms with Gasteiger partial charge in [-0.2, -0.15) is 0 Å². The van der Waals surface area contributed by atoms with Crippen molar-refractivity contribution in [2.24, 2.45) is 10.9 Å². The third-order valence-electron chi connectivity index (χ3n) is 4.95. The summed E-state index contributed by atoms with van der Waals surface area (Å²) in [5.41, 5.74) is 0.532. The zero-order valence-corrected chi connectivity index (χ0v) is 20.0. The molecule has 1 fully saturated rings.